The second kappa shape index (κ2) is 5.43. The highest BCUT2D eigenvalue weighted by atomic mass is 29.6. The molecule has 0 radical (unpaired) electrons. The summed E-state index contributed by atoms with van der Waals surface area (Å²) in [6, 6.07) is 2.77. The SMILES string of the molecule is CC(C)CCC[Si]1(C)OC(C)(C)C[Si](C)(C)[Si]1(C)C. The first-order valence-electron chi connectivity index (χ1n) is 8.03. The van der Waals surface area contributed by atoms with Gasteiger partial charge in [0.25, 0.3) is 0 Å². The van der Waals surface area contributed by atoms with E-state index in [0.717, 1.165) is 5.92 Å². The zero-order chi connectivity index (χ0) is 15.1. The van der Waals surface area contributed by atoms with Crippen LogP contribution in [-0.2, 0) is 4.43 Å². The summed E-state index contributed by atoms with van der Waals surface area (Å²) in [5, 5.41) is 0. The number of rotatable bonds is 4. The van der Waals surface area contributed by atoms with Crippen molar-refractivity contribution in [3.63, 3.8) is 0 Å². The maximum atomic E-state index is 6.83. The van der Waals surface area contributed by atoms with E-state index >= 15 is 0 Å². The minimum absolute atomic E-state index is 0.150. The van der Waals surface area contributed by atoms with Crippen molar-refractivity contribution < 1.29 is 4.43 Å². The number of hydrogen-bond donors (Lipinski definition) is 0. The van der Waals surface area contributed by atoms with Gasteiger partial charge in [0.2, 0.25) is 0 Å². The Morgan fingerprint density at radius 3 is 2.05 bits per heavy atom. The van der Waals surface area contributed by atoms with E-state index in [4.69, 9.17) is 4.43 Å². The van der Waals surface area contributed by atoms with Crippen molar-refractivity contribution in [3.05, 3.63) is 0 Å². The Labute approximate surface area is 124 Å². The van der Waals surface area contributed by atoms with Crippen molar-refractivity contribution in [2.24, 2.45) is 5.92 Å². The van der Waals surface area contributed by atoms with Crippen molar-refractivity contribution >= 4 is 22.5 Å². The summed E-state index contributed by atoms with van der Waals surface area (Å²) in [4.78, 5) is 0. The summed E-state index contributed by atoms with van der Waals surface area (Å²) < 4.78 is 6.83. The standard InChI is InChI=1S/C15H36OSi3/c1-14(2)11-10-12-19(9)16-15(3,4)13-17(5,6)18(19,7)8/h14H,10-13H2,1-9H3. The molecule has 1 aliphatic rings. The molecule has 4 heteroatoms. The normalized spacial score (nSPS) is 32.5. The Hall–Kier alpha value is 0.611. The Kier molecular flexibility index (Phi) is 5.05. The predicted octanol–water partition coefficient (Wildman–Crippen LogP) is 5.38. The molecule has 1 unspecified atom stereocenters. The van der Waals surface area contributed by atoms with Crippen LogP contribution in [0.2, 0.25) is 44.8 Å². The molecule has 1 nitrogen and oxygen atoms in total. The third kappa shape index (κ3) is 3.63. The molecule has 1 saturated heterocycles. The fraction of sp³-hybridized carbons (Fsp3) is 1.00. The highest BCUT2D eigenvalue weighted by molar-refractivity contribution is 7.67. The van der Waals surface area contributed by atoms with Gasteiger partial charge in [-0.3, -0.25) is 0 Å². The van der Waals surface area contributed by atoms with Crippen LogP contribution in [-0.4, -0.2) is 28.1 Å². The van der Waals surface area contributed by atoms with E-state index in [2.05, 4.69) is 60.4 Å². The lowest BCUT2D eigenvalue weighted by atomic mass is 10.1. The van der Waals surface area contributed by atoms with Gasteiger partial charge in [-0.05, 0) is 38.4 Å². The van der Waals surface area contributed by atoms with Gasteiger partial charge in [-0.15, -0.1) is 0 Å². The third-order valence-electron chi connectivity index (χ3n) is 5.82. The van der Waals surface area contributed by atoms with Crippen LogP contribution >= 0.6 is 0 Å². The monoisotopic (exact) mass is 316 g/mol. The molecular formula is C15H36OSi3. The summed E-state index contributed by atoms with van der Waals surface area (Å²) in [6.07, 6.45) is 2.76. The molecule has 0 bridgehead atoms. The van der Waals surface area contributed by atoms with Gasteiger partial charge < -0.3 is 4.43 Å². The minimum Gasteiger partial charge on any atom is -0.415 e. The fourth-order valence-corrected chi connectivity index (χ4v) is 37.5. The molecule has 114 valence electrons. The highest BCUT2D eigenvalue weighted by Gasteiger charge is 2.61. The van der Waals surface area contributed by atoms with E-state index in [1.807, 2.05) is 0 Å². The lowest BCUT2D eigenvalue weighted by Gasteiger charge is -2.59. The molecule has 0 saturated carbocycles. The molecule has 0 aromatic carbocycles. The van der Waals surface area contributed by atoms with Crippen LogP contribution in [0.3, 0.4) is 0 Å². The molecule has 0 aliphatic carbocycles. The first-order chi connectivity index (χ1) is 8.33. The molecule has 0 N–H and O–H groups in total. The maximum Gasteiger partial charge on any atom is 0.174 e. The van der Waals surface area contributed by atoms with Gasteiger partial charge >= 0.3 is 0 Å². The van der Waals surface area contributed by atoms with E-state index in [0.29, 0.717) is 0 Å². The maximum absolute atomic E-state index is 6.83. The average molecular weight is 317 g/mol. The first kappa shape index (κ1) is 17.7. The summed E-state index contributed by atoms with van der Waals surface area (Å²) in [5.74, 6) is 0.837. The van der Waals surface area contributed by atoms with Crippen molar-refractivity contribution in [1.29, 1.82) is 0 Å². The van der Waals surface area contributed by atoms with Gasteiger partial charge in [0, 0.05) is 13.2 Å². The van der Waals surface area contributed by atoms with E-state index < -0.39 is 22.5 Å². The van der Waals surface area contributed by atoms with Crippen LogP contribution in [0.4, 0.5) is 0 Å². The van der Waals surface area contributed by atoms with Gasteiger partial charge in [-0.25, -0.2) is 0 Å². The molecule has 0 aromatic heterocycles. The largest absolute Gasteiger partial charge is 0.415 e. The second-order valence-electron chi connectivity index (χ2n) is 9.06. The second-order valence-corrected chi connectivity index (χ2v) is 35.8. The lowest BCUT2D eigenvalue weighted by Crippen LogP contribution is -2.78. The van der Waals surface area contributed by atoms with Crippen LogP contribution in [0.25, 0.3) is 0 Å². The quantitative estimate of drug-likeness (QED) is 0.633. The Balaban J connectivity index is 2.93. The number of hydrogen-bond acceptors (Lipinski definition) is 1. The molecule has 1 aliphatic heterocycles. The first-order valence-corrected chi connectivity index (χ1v) is 18.9. The summed E-state index contributed by atoms with van der Waals surface area (Å²) in [6.45, 7) is 22.6. The van der Waals surface area contributed by atoms with E-state index in [-0.39, 0.29) is 5.60 Å². The van der Waals surface area contributed by atoms with Crippen LogP contribution < -0.4 is 0 Å². The summed E-state index contributed by atoms with van der Waals surface area (Å²) in [7, 11) is -3.77. The molecule has 0 amide bonds. The summed E-state index contributed by atoms with van der Waals surface area (Å²) >= 11 is 0. The third-order valence-corrected chi connectivity index (χ3v) is 46.4. The fourth-order valence-electron chi connectivity index (χ4n) is 3.99. The van der Waals surface area contributed by atoms with Crippen LogP contribution in [0.1, 0.15) is 40.5 Å². The Morgan fingerprint density at radius 1 is 1.05 bits per heavy atom. The van der Waals surface area contributed by atoms with Crippen molar-refractivity contribution in [2.45, 2.75) is 91.0 Å². The molecule has 1 heterocycles. The van der Waals surface area contributed by atoms with E-state index in [1.54, 1.807) is 0 Å². The van der Waals surface area contributed by atoms with Crippen molar-refractivity contribution in [2.75, 3.05) is 0 Å². The van der Waals surface area contributed by atoms with Crippen LogP contribution in [0.5, 0.6) is 0 Å². The zero-order valence-corrected chi connectivity index (χ0v) is 17.8. The zero-order valence-electron chi connectivity index (χ0n) is 14.8. The Bertz CT molecular complexity index is 323. The molecule has 1 fully saturated rings. The van der Waals surface area contributed by atoms with E-state index in [9.17, 15) is 0 Å². The molecule has 0 spiro atoms. The predicted molar refractivity (Wildman–Crippen MR) is 95.4 cm³/mol. The molecule has 19 heavy (non-hydrogen) atoms. The van der Waals surface area contributed by atoms with Gasteiger partial charge in [0.05, 0.1) is 7.11 Å². The topological polar surface area (TPSA) is 9.23 Å². The van der Waals surface area contributed by atoms with Crippen molar-refractivity contribution in [3.8, 4) is 0 Å². The van der Waals surface area contributed by atoms with Crippen LogP contribution in [0, 0.1) is 5.92 Å². The van der Waals surface area contributed by atoms with Gasteiger partial charge in [-0.2, -0.15) is 0 Å². The lowest BCUT2D eigenvalue weighted by molar-refractivity contribution is 0.120. The van der Waals surface area contributed by atoms with Gasteiger partial charge in [-0.1, -0.05) is 52.9 Å². The Morgan fingerprint density at radius 2 is 1.58 bits per heavy atom. The van der Waals surface area contributed by atoms with E-state index in [1.165, 1.54) is 24.9 Å². The van der Waals surface area contributed by atoms with Gasteiger partial charge in [0.15, 0.2) is 7.83 Å². The molecular weight excluding hydrogens is 280 g/mol. The highest BCUT2D eigenvalue weighted by Crippen LogP contribution is 2.45. The minimum atomic E-state index is -1.50. The van der Waals surface area contributed by atoms with Crippen molar-refractivity contribution in [1.82, 2.24) is 0 Å². The van der Waals surface area contributed by atoms with Gasteiger partial charge in [0.1, 0.15) is 0 Å². The average Bonchev–Trinajstić information content (AvgIpc) is 2.11. The van der Waals surface area contributed by atoms with Crippen LogP contribution in [0.15, 0.2) is 0 Å². The molecule has 1 rings (SSSR count). The molecule has 0 aromatic rings. The summed E-state index contributed by atoms with van der Waals surface area (Å²) in [5.41, 5.74) is 0.150. The smallest absolute Gasteiger partial charge is 0.174 e. The molecule has 1 atom stereocenters.